The summed E-state index contributed by atoms with van der Waals surface area (Å²) in [5.41, 5.74) is 0.933. The molecular weight excluding hydrogens is 134 g/mol. The Hall–Kier alpha value is -0.560. The van der Waals surface area contributed by atoms with Gasteiger partial charge in [0.25, 0.3) is 0 Å². The Balaban J connectivity index is 2.94. The maximum atomic E-state index is 5.58. The van der Waals surface area contributed by atoms with E-state index in [-0.39, 0.29) is 0 Å². The summed E-state index contributed by atoms with van der Waals surface area (Å²) in [5, 5.41) is 0.538. The van der Waals surface area contributed by atoms with Crippen LogP contribution in [-0.4, -0.2) is 4.98 Å². The minimum absolute atomic E-state index is 0.538. The Morgan fingerprint density at radius 1 is 1.56 bits per heavy atom. The molecule has 0 saturated carbocycles. The molecule has 1 rings (SSSR count). The van der Waals surface area contributed by atoms with E-state index in [0.29, 0.717) is 11.6 Å². The second-order valence-electron chi connectivity index (χ2n) is 1.70. The van der Waals surface area contributed by atoms with Crippen LogP contribution in [0.1, 0.15) is 5.69 Å². The van der Waals surface area contributed by atoms with Crippen molar-refractivity contribution < 1.29 is 0 Å². The lowest BCUT2D eigenvalue weighted by atomic mass is 10.3. The van der Waals surface area contributed by atoms with Crippen molar-refractivity contribution in [1.82, 2.24) is 4.98 Å². The summed E-state index contributed by atoms with van der Waals surface area (Å²) in [7, 11) is 0. The van der Waals surface area contributed by atoms with E-state index in [2.05, 4.69) is 11.9 Å². The number of hydrogen-bond acceptors (Lipinski definition) is 1. The van der Waals surface area contributed by atoms with Gasteiger partial charge in [-0.15, -0.1) is 0 Å². The monoisotopic (exact) mass is 140 g/mol. The van der Waals surface area contributed by atoms with Crippen molar-refractivity contribution in [2.24, 2.45) is 0 Å². The lowest BCUT2D eigenvalue weighted by molar-refractivity contribution is 1.11. The summed E-state index contributed by atoms with van der Waals surface area (Å²) >= 11 is 5.58. The number of pyridine rings is 1. The molecule has 0 saturated heterocycles. The van der Waals surface area contributed by atoms with Crippen LogP contribution >= 0.6 is 11.6 Å². The fourth-order valence-electron chi connectivity index (χ4n) is 0.590. The predicted molar refractivity (Wildman–Crippen MR) is 38.3 cm³/mol. The SMILES string of the molecule is [CH2]Cc1cccc(Cl)n1. The summed E-state index contributed by atoms with van der Waals surface area (Å²) < 4.78 is 0. The van der Waals surface area contributed by atoms with Gasteiger partial charge in [-0.1, -0.05) is 17.7 Å². The summed E-state index contributed by atoms with van der Waals surface area (Å²) in [6, 6.07) is 5.52. The van der Waals surface area contributed by atoms with Gasteiger partial charge in [0.05, 0.1) is 0 Å². The number of nitrogens with zero attached hydrogens (tertiary/aromatic N) is 1. The quantitative estimate of drug-likeness (QED) is 0.545. The van der Waals surface area contributed by atoms with Gasteiger partial charge >= 0.3 is 0 Å². The van der Waals surface area contributed by atoms with Crippen molar-refractivity contribution in [3.8, 4) is 0 Å². The van der Waals surface area contributed by atoms with Crippen LogP contribution in [0.15, 0.2) is 18.2 Å². The Labute approximate surface area is 59.7 Å². The Kier molecular flexibility index (Phi) is 2.06. The van der Waals surface area contributed by atoms with Gasteiger partial charge in [-0.05, 0) is 25.5 Å². The van der Waals surface area contributed by atoms with E-state index in [1.54, 1.807) is 6.07 Å². The molecule has 0 aliphatic carbocycles. The van der Waals surface area contributed by atoms with Crippen molar-refractivity contribution >= 4 is 11.6 Å². The first-order valence-electron chi connectivity index (χ1n) is 2.73. The third kappa shape index (κ3) is 1.68. The normalized spacial score (nSPS) is 9.56. The zero-order valence-corrected chi connectivity index (χ0v) is 5.73. The Bertz CT molecular complexity index is 198. The largest absolute Gasteiger partial charge is 0.241 e. The fraction of sp³-hybridized carbons (Fsp3) is 0.143. The highest BCUT2D eigenvalue weighted by molar-refractivity contribution is 6.29. The van der Waals surface area contributed by atoms with Gasteiger partial charge in [-0.2, -0.15) is 0 Å². The van der Waals surface area contributed by atoms with Gasteiger partial charge in [0, 0.05) is 5.69 Å². The van der Waals surface area contributed by atoms with Gasteiger partial charge in [0.2, 0.25) is 0 Å². The summed E-state index contributed by atoms with van der Waals surface area (Å²) in [5.74, 6) is 0. The van der Waals surface area contributed by atoms with Crippen LogP contribution in [0.25, 0.3) is 0 Å². The third-order valence-electron chi connectivity index (χ3n) is 1.03. The smallest absolute Gasteiger partial charge is 0.129 e. The molecule has 0 fully saturated rings. The van der Waals surface area contributed by atoms with E-state index >= 15 is 0 Å². The minimum atomic E-state index is 0.538. The number of aromatic nitrogens is 1. The van der Waals surface area contributed by atoms with Crippen LogP contribution in [0.3, 0.4) is 0 Å². The average Bonchev–Trinajstić information content (AvgIpc) is 1.88. The highest BCUT2D eigenvalue weighted by atomic mass is 35.5. The van der Waals surface area contributed by atoms with Crippen LogP contribution in [-0.2, 0) is 6.42 Å². The average molecular weight is 141 g/mol. The first-order valence-corrected chi connectivity index (χ1v) is 3.11. The summed E-state index contributed by atoms with van der Waals surface area (Å²) in [6.07, 6.45) is 0.695. The second-order valence-corrected chi connectivity index (χ2v) is 2.09. The molecule has 0 aliphatic heterocycles. The van der Waals surface area contributed by atoms with Crippen LogP contribution < -0.4 is 0 Å². The van der Waals surface area contributed by atoms with E-state index in [4.69, 9.17) is 11.6 Å². The molecule has 0 atom stereocenters. The molecule has 1 radical (unpaired) electrons. The van der Waals surface area contributed by atoms with Gasteiger partial charge in [-0.25, -0.2) is 4.98 Å². The van der Waals surface area contributed by atoms with E-state index < -0.39 is 0 Å². The molecule has 0 spiro atoms. The van der Waals surface area contributed by atoms with Gasteiger partial charge in [0.1, 0.15) is 5.15 Å². The molecule has 1 heterocycles. The molecule has 1 nitrogen and oxygen atoms in total. The third-order valence-corrected chi connectivity index (χ3v) is 1.24. The Morgan fingerprint density at radius 3 is 2.78 bits per heavy atom. The lowest BCUT2D eigenvalue weighted by Crippen LogP contribution is -1.84. The van der Waals surface area contributed by atoms with Gasteiger partial charge < -0.3 is 0 Å². The van der Waals surface area contributed by atoms with Crippen molar-refractivity contribution in [1.29, 1.82) is 0 Å². The standard InChI is InChI=1S/C7H7ClN/c1-2-6-4-3-5-7(8)9-6/h3-5H,1-2H2. The van der Waals surface area contributed by atoms with Crippen molar-refractivity contribution in [2.75, 3.05) is 0 Å². The zero-order valence-electron chi connectivity index (χ0n) is 4.97. The molecule has 0 amide bonds. The fourth-order valence-corrected chi connectivity index (χ4v) is 0.771. The van der Waals surface area contributed by atoms with Crippen molar-refractivity contribution in [3.05, 3.63) is 36.0 Å². The molecule has 1 aromatic heterocycles. The van der Waals surface area contributed by atoms with E-state index in [1.807, 2.05) is 12.1 Å². The maximum Gasteiger partial charge on any atom is 0.129 e. The lowest BCUT2D eigenvalue weighted by Gasteiger charge is -1.92. The van der Waals surface area contributed by atoms with E-state index in [1.165, 1.54) is 0 Å². The van der Waals surface area contributed by atoms with E-state index in [9.17, 15) is 0 Å². The molecule has 0 N–H and O–H groups in total. The second kappa shape index (κ2) is 2.83. The van der Waals surface area contributed by atoms with Crippen LogP contribution in [0, 0.1) is 6.92 Å². The summed E-state index contributed by atoms with van der Waals surface area (Å²) in [4.78, 5) is 3.99. The molecule has 0 aromatic carbocycles. The molecule has 0 bridgehead atoms. The first kappa shape index (κ1) is 6.56. The molecule has 9 heavy (non-hydrogen) atoms. The first-order chi connectivity index (χ1) is 4.33. The molecule has 0 unspecified atom stereocenters. The van der Waals surface area contributed by atoms with Crippen LogP contribution in [0.4, 0.5) is 0 Å². The number of rotatable bonds is 1. The molecule has 2 heteroatoms. The molecule has 1 aromatic rings. The van der Waals surface area contributed by atoms with Gasteiger partial charge in [-0.3, -0.25) is 0 Å². The van der Waals surface area contributed by atoms with E-state index in [0.717, 1.165) is 5.69 Å². The van der Waals surface area contributed by atoms with Crippen LogP contribution in [0.5, 0.6) is 0 Å². The van der Waals surface area contributed by atoms with Crippen LogP contribution in [0.2, 0.25) is 5.15 Å². The molecule has 47 valence electrons. The maximum absolute atomic E-state index is 5.58. The minimum Gasteiger partial charge on any atom is -0.241 e. The number of halogens is 1. The highest BCUT2D eigenvalue weighted by Gasteiger charge is 1.89. The van der Waals surface area contributed by atoms with Crippen molar-refractivity contribution in [2.45, 2.75) is 6.42 Å². The van der Waals surface area contributed by atoms with Gasteiger partial charge in [0.15, 0.2) is 0 Å². The highest BCUT2D eigenvalue weighted by Crippen LogP contribution is 2.04. The predicted octanol–water partition coefficient (Wildman–Crippen LogP) is 2.11. The number of hydrogen-bond donors (Lipinski definition) is 0. The summed E-state index contributed by atoms with van der Waals surface area (Å²) in [6.45, 7) is 3.68. The Morgan fingerprint density at radius 2 is 2.33 bits per heavy atom. The van der Waals surface area contributed by atoms with Crippen molar-refractivity contribution in [3.63, 3.8) is 0 Å². The molecular formula is C7H7ClN. The topological polar surface area (TPSA) is 12.9 Å². The molecule has 0 aliphatic rings. The zero-order chi connectivity index (χ0) is 6.69.